The largest absolute Gasteiger partial charge is 0.481 e. The first-order valence-electron chi connectivity index (χ1n) is 7.99. The molecule has 1 aromatic heterocycles. The van der Waals surface area contributed by atoms with Crippen molar-refractivity contribution < 1.29 is 23.8 Å². The van der Waals surface area contributed by atoms with Crippen molar-refractivity contribution in [2.24, 2.45) is 0 Å². The van der Waals surface area contributed by atoms with E-state index in [-0.39, 0.29) is 16.6 Å². The van der Waals surface area contributed by atoms with Crippen molar-refractivity contribution in [3.8, 4) is 5.75 Å². The smallest absolute Gasteiger partial charge is 0.307 e. The molecule has 1 unspecified atom stereocenters. The number of carbonyl (C=O) groups excluding carboxylic acids is 1. The fourth-order valence-electron chi connectivity index (χ4n) is 3.01. The summed E-state index contributed by atoms with van der Waals surface area (Å²) in [5.74, 6) is -2.60. The molecule has 0 aliphatic carbocycles. The molecule has 1 amide bonds. The van der Waals surface area contributed by atoms with Crippen LogP contribution in [0.2, 0.25) is 10.0 Å². The van der Waals surface area contributed by atoms with Gasteiger partial charge in [-0.15, -0.1) is 0 Å². The highest BCUT2D eigenvalue weighted by Gasteiger charge is 2.48. The highest BCUT2D eigenvalue weighted by atomic mass is 35.5. The van der Waals surface area contributed by atoms with E-state index >= 15 is 0 Å². The molecule has 3 aromatic rings. The zero-order valence-corrected chi connectivity index (χ0v) is 16.5. The molecule has 1 atom stereocenters. The third-order valence-corrected chi connectivity index (χ3v) is 5.99. The number of hydrogen-bond donors (Lipinski definition) is 1. The lowest BCUT2D eigenvalue weighted by Gasteiger charge is -2.38. The second-order valence-electron chi connectivity index (χ2n) is 6.36. The number of nitrogens with zero attached hydrogens (tertiary/aromatic N) is 2. The van der Waals surface area contributed by atoms with Crippen LogP contribution in [-0.2, 0) is 9.59 Å². The Morgan fingerprint density at radius 3 is 2.79 bits per heavy atom. The van der Waals surface area contributed by atoms with Gasteiger partial charge in [0.25, 0.3) is 5.91 Å². The van der Waals surface area contributed by atoms with E-state index in [0.29, 0.717) is 20.3 Å². The molecule has 144 valence electrons. The fourth-order valence-corrected chi connectivity index (χ4v) is 4.39. The van der Waals surface area contributed by atoms with Crippen molar-refractivity contribution in [3.63, 3.8) is 0 Å². The number of anilines is 2. The lowest BCUT2D eigenvalue weighted by Crippen LogP contribution is -2.54. The van der Waals surface area contributed by atoms with E-state index in [1.807, 2.05) is 0 Å². The molecule has 0 bridgehead atoms. The summed E-state index contributed by atoms with van der Waals surface area (Å²) < 4.78 is 20.9. The summed E-state index contributed by atoms with van der Waals surface area (Å²) in [7, 11) is 0. The van der Waals surface area contributed by atoms with Gasteiger partial charge in [0.15, 0.2) is 16.5 Å². The molecular formula is C18H11Cl2FN2O4S. The molecule has 2 aromatic carbocycles. The maximum atomic E-state index is 14.6. The number of fused-ring (bicyclic) bond motifs is 2. The molecule has 0 saturated heterocycles. The van der Waals surface area contributed by atoms with Gasteiger partial charge in [0, 0.05) is 0 Å². The number of thiazole rings is 1. The van der Waals surface area contributed by atoms with Gasteiger partial charge >= 0.3 is 5.97 Å². The average molecular weight is 441 g/mol. The summed E-state index contributed by atoms with van der Waals surface area (Å²) >= 11 is 13.2. The topological polar surface area (TPSA) is 79.7 Å². The van der Waals surface area contributed by atoms with Gasteiger partial charge in [-0.2, -0.15) is 0 Å². The van der Waals surface area contributed by atoms with Crippen LogP contribution in [-0.4, -0.2) is 27.6 Å². The number of para-hydroxylation sites is 1. The van der Waals surface area contributed by atoms with Gasteiger partial charge in [0.05, 0.1) is 26.7 Å². The van der Waals surface area contributed by atoms with E-state index in [1.54, 1.807) is 12.1 Å². The summed E-state index contributed by atoms with van der Waals surface area (Å²) in [5, 5.41) is 9.99. The van der Waals surface area contributed by atoms with Crippen LogP contribution in [0.1, 0.15) is 13.3 Å². The minimum absolute atomic E-state index is 0.0543. The lowest BCUT2D eigenvalue weighted by atomic mass is 9.97. The summed E-state index contributed by atoms with van der Waals surface area (Å²) in [6.07, 6.45) is -0.596. The zero-order chi connectivity index (χ0) is 20.2. The van der Waals surface area contributed by atoms with Crippen LogP contribution in [0.5, 0.6) is 5.75 Å². The standard InChI is InChI=1S/C18H11Cl2FN2O4S/c1-18(7-14(24)25)16(26)23(15-10(21)3-2-4-12(15)27-18)17-22-11-5-8(19)9(20)6-13(11)28-17/h2-6H,7H2,1H3,(H,24,25). The molecule has 1 N–H and O–H groups in total. The lowest BCUT2D eigenvalue weighted by molar-refractivity contribution is -0.148. The number of carbonyl (C=O) groups is 2. The monoisotopic (exact) mass is 440 g/mol. The first kappa shape index (κ1) is 18.9. The second kappa shape index (κ2) is 6.58. The van der Waals surface area contributed by atoms with Crippen molar-refractivity contribution >= 4 is 67.5 Å². The van der Waals surface area contributed by atoms with Crippen molar-refractivity contribution in [2.45, 2.75) is 18.9 Å². The van der Waals surface area contributed by atoms with Crippen LogP contribution >= 0.6 is 34.5 Å². The number of aromatic nitrogens is 1. The Morgan fingerprint density at radius 2 is 2.07 bits per heavy atom. The highest BCUT2D eigenvalue weighted by molar-refractivity contribution is 7.22. The van der Waals surface area contributed by atoms with Gasteiger partial charge in [0.2, 0.25) is 0 Å². The maximum Gasteiger partial charge on any atom is 0.307 e. The van der Waals surface area contributed by atoms with Crippen LogP contribution in [0, 0.1) is 5.82 Å². The summed E-state index contributed by atoms with van der Waals surface area (Å²) in [5.41, 5.74) is -1.36. The van der Waals surface area contributed by atoms with E-state index in [0.717, 1.165) is 16.2 Å². The number of benzene rings is 2. The van der Waals surface area contributed by atoms with Crippen LogP contribution in [0.3, 0.4) is 0 Å². The number of ether oxygens (including phenoxy) is 1. The van der Waals surface area contributed by atoms with E-state index in [9.17, 15) is 19.1 Å². The number of amides is 1. The van der Waals surface area contributed by atoms with Gasteiger partial charge in [-0.3, -0.25) is 9.59 Å². The SMILES string of the molecule is CC1(CC(=O)O)Oc2cccc(F)c2N(c2nc3cc(Cl)c(Cl)cc3s2)C1=O. The fraction of sp³-hybridized carbons (Fsp3) is 0.167. The summed E-state index contributed by atoms with van der Waals surface area (Å²) in [6.45, 7) is 1.35. The normalized spacial score (nSPS) is 18.9. The molecular weight excluding hydrogens is 430 g/mol. The first-order chi connectivity index (χ1) is 13.2. The number of carboxylic acids is 1. The predicted molar refractivity (Wildman–Crippen MR) is 104 cm³/mol. The highest BCUT2D eigenvalue weighted by Crippen LogP contribution is 2.46. The quantitative estimate of drug-likeness (QED) is 0.617. The third-order valence-electron chi connectivity index (χ3n) is 4.26. The molecule has 0 saturated carbocycles. The predicted octanol–water partition coefficient (Wildman–Crippen LogP) is 5.03. The van der Waals surface area contributed by atoms with Gasteiger partial charge < -0.3 is 9.84 Å². The Morgan fingerprint density at radius 1 is 1.36 bits per heavy atom. The Labute approximate surface area is 172 Å². The Kier molecular flexibility index (Phi) is 4.45. The van der Waals surface area contributed by atoms with Gasteiger partial charge in [-0.1, -0.05) is 40.6 Å². The minimum Gasteiger partial charge on any atom is -0.481 e. The van der Waals surface area contributed by atoms with Crippen LogP contribution < -0.4 is 9.64 Å². The Hall–Kier alpha value is -2.42. The van der Waals surface area contributed by atoms with E-state index in [4.69, 9.17) is 27.9 Å². The summed E-state index contributed by atoms with van der Waals surface area (Å²) in [4.78, 5) is 29.9. The van der Waals surface area contributed by atoms with E-state index in [1.165, 1.54) is 25.1 Å². The van der Waals surface area contributed by atoms with Crippen LogP contribution in [0.25, 0.3) is 10.2 Å². The molecule has 0 radical (unpaired) electrons. The molecule has 6 nitrogen and oxygen atoms in total. The second-order valence-corrected chi connectivity index (χ2v) is 8.18. The number of aliphatic carboxylic acids is 1. The molecule has 2 heterocycles. The molecule has 28 heavy (non-hydrogen) atoms. The van der Waals surface area contributed by atoms with Gasteiger partial charge in [-0.05, 0) is 31.2 Å². The molecule has 0 fully saturated rings. The van der Waals surface area contributed by atoms with Gasteiger partial charge in [0.1, 0.15) is 11.4 Å². The minimum atomic E-state index is -1.72. The van der Waals surface area contributed by atoms with E-state index < -0.39 is 29.7 Å². The molecule has 0 spiro atoms. The summed E-state index contributed by atoms with van der Waals surface area (Å²) in [6, 6.07) is 7.22. The third kappa shape index (κ3) is 2.97. The zero-order valence-electron chi connectivity index (χ0n) is 14.2. The average Bonchev–Trinajstić information content (AvgIpc) is 2.98. The molecule has 10 heteroatoms. The van der Waals surface area contributed by atoms with Crippen LogP contribution in [0.15, 0.2) is 30.3 Å². The molecule has 1 aliphatic heterocycles. The van der Waals surface area contributed by atoms with Crippen molar-refractivity contribution in [1.82, 2.24) is 4.98 Å². The molecule has 1 aliphatic rings. The Balaban J connectivity index is 1.93. The molecule has 4 rings (SSSR count). The van der Waals surface area contributed by atoms with E-state index in [2.05, 4.69) is 4.98 Å². The maximum absolute atomic E-state index is 14.6. The first-order valence-corrected chi connectivity index (χ1v) is 9.56. The van der Waals surface area contributed by atoms with Crippen molar-refractivity contribution in [2.75, 3.05) is 4.90 Å². The number of rotatable bonds is 3. The number of halogens is 3. The number of carboxylic acid groups (broad SMARTS) is 1. The number of hydrogen-bond acceptors (Lipinski definition) is 5. The van der Waals surface area contributed by atoms with Gasteiger partial charge in [-0.25, -0.2) is 14.3 Å². The van der Waals surface area contributed by atoms with Crippen molar-refractivity contribution in [1.29, 1.82) is 0 Å². The Bertz CT molecular complexity index is 1110. The van der Waals surface area contributed by atoms with Crippen LogP contribution in [0.4, 0.5) is 15.2 Å². The van der Waals surface area contributed by atoms with Crippen molar-refractivity contribution in [3.05, 3.63) is 46.2 Å².